The Morgan fingerprint density at radius 3 is 2.71 bits per heavy atom. The monoisotopic (exact) mass is 286 g/mol. The third-order valence-electron chi connectivity index (χ3n) is 5.36. The summed E-state index contributed by atoms with van der Waals surface area (Å²) in [5.74, 6) is 0.203. The molecule has 0 radical (unpaired) electrons. The topological polar surface area (TPSA) is 32.3 Å². The van der Waals surface area contributed by atoms with Gasteiger partial charge in [-0.05, 0) is 42.0 Å². The molecule has 21 heavy (non-hydrogen) atoms. The number of rotatable bonds is 4. The number of carbonyl (C=O) groups excluding carboxylic acids is 1. The number of anilines is 1. The fraction of sp³-hybridized carbons (Fsp3) is 0.611. The molecule has 0 spiro atoms. The molecule has 3 heteroatoms. The van der Waals surface area contributed by atoms with Gasteiger partial charge in [-0.1, -0.05) is 38.8 Å². The first kappa shape index (κ1) is 14.6. The van der Waals surface area contributed by atoms with Crippen molar-refractivity contribution in [2.75, 3.05) is 18.5 Å². The highest BCUT2D eigenvalue weighted by molar-refractivity contribution is 6.00. The van der Waals surface area contributed by atoms with Gasteiger partial charge in [0.25, 0.3) is 0 Å². The van der Waals surface area contributed by atoms with Crippen LogP contribution >= 0.6 is 0 Å². The Balaban J connectivity index is 1.94. The summed E-state index contributed by atoms with van der Waals surface area (Å²) in [5.41, 5.74) is 3.96. The van der Waals surface area contributed by atoms with E-state index in [0.717, 1.165) is 12.2 Å². The molecule has 1 fully saturated rings. The summed E-state index contributed by atoms with van der Waals surface area (Å²) < 4.78 is 0. The first-order chi connectivity index (χ1) is 10.0. The summed E-state index contributed by atoms with van der Waals surface area (Å²) in [7, 11) is 1.87. The molecule has 1 aliphatic heterocycles. The maximum absolute atomic E-state index is 11.9. The summed E-state index contributed by atoms with van der Waals surface area (Å²) in [6, 6.07) is 6.99. The first-order valence-corrected chi connectivity index (χ1v) is 8.18. The molecular weight excluding hydrogens is 260 g/mol. The highest BCUT2D eigenvalue weighted by atomic mass is 16.2. The van der Waals surface area contributed by atoms with Gasteiger partial charge in [0.15, 0.2) is 0 Å². The normalized spacial score (nSPS) is 21.7. The minimum atomic E-state index is 0.203. The molecule has 3 rings (SSSR count). The molecule has 1 aromatic carbocycles. The van der Waals surface area contributed by atoms with Crippen LogP contribution in [0.3, 0.4) is 0 Å². The third kappa shape index (κ3) is 2.48. The molecule has 0 saturated heterocycles. The van der Waals surface area contributed by atoms with E-state index in [1.54, 1.807) is 4.90 Å². The summed E-state index contributed by atoms with van der Waals surface area (Å²) >= 11 is 0. The van der Waals surface area contributed by atoms with Crippen molar-refractivity contribution in [1.82, 2.24) is 5.32 Å². The Bertz CT molecular complexity index is 546. The van der Waals surface area contributed by atoms with Crippen LogP contribution in [0.15, 0.2) is 18.2 Å². The molecule has 1 atom stereocenters. The SMILES string of the molecule is CCNC(c1ccc2c(c1)CC(=O)N2C)C1(C)CCCC1. The lowest BCUT2D eigenvalue weighted by molar-refractivity contribution is -0.117. The fourth-order valence-electron chi connectivity index (χ4n) is 4.11. The van der Waals surface area contributed by atoms with Crippen molar-refractivity contribution in [3.63, 3.8) is 0 Å². The number of nitrogens with one attached hydrogen (secondary N) is 1. The van der Waals surface area contributed by atoms with Crippen LogP contribution in [0.5, 0.6) is 0 Å². The number of hydrogen-bond acceptors (Lipinski definition) is 2. The predicted octanol–water partition coefficient (Wildman–Crippen LogP) is 3.44. The summed E-state index contributed by atoms with van der Waals surface area (Å²) in [6.45, 7) is 5.57. The van der Waals surface area contributed by atoms with Crippen molar-refractivity contribution < 1.29 is 4.79 Å². The van der Waals surface area contributed by atoms with Gasteiger partial charge in [-0.15, -0.1) is 0 Å². The average Bonchev–Trinajstić information content (AvgIpc) is 3.02. The lowest BCUT2D eigenvalue weighted by atomic mass is 9.77. The summed E-state index contributed by atoms with van der Waals surface area (Å²) in [5, 5.41) is 3.70. The number of amides is 1. The molecule has 1 saturated carbocycles. The van der Waals surface area contributed by atoms with E-state index in [1.165, 1.54) is 36.8 Å². The van der Waals surface area contributed by atoms with Gasteiger partial charge < -0.3 is 10.2 Å². The van der Waals surface area contributed by atoms with E-state index in [4.69, 9.17) is 0 Å². The van der Waals surface area contributed by atoms with Gasteiger partial charge in [-0.2, -0.15) is 0 Å². The molecule has 0 aromatic heterocycles. The van der Waals surface area contributed by atoms with Crippen molar-refractivity contribution in [3.8, 4) is 0 Å². The second-order valence-corrected chi connectivity index (χ2v) is 6.87. The lowest BCUT2D eigenvalue weighted by Gasteiger charge is -2.35. The van der Waals surface area contributed by atoms with Crippen LogP contribution in [0, 0.1) is 5.41 Å². The van der Waals surface area contributed by atoms with Gasteiger partial charge in [-0.25, -0.2) is 0 Å². The lowest BCUT2D eigenvalue weighted by Crippen LogP contribution is -2.34. The summed E-state index contributed by atoms with van der Waals surface area (Å²) in [4.78, 5) is 13.6. The Morgan fingerprint density at radius 1 is 1.33 bits per heavy atom. The van der Waals surface area contributed by atoms with Crippen molar-refractivity contribution >= 4 is 11.6 Å². The highest BCUT2D eigenvalue weighted by Gasteiger charge is 2.38. The minimum Gasteiger partial charge on any atom is -0.315 e. The second kappa shape index (κ2) is 5.45. The standard InChI is InChI=1S/C18H26N2O/c1-4-19-17(18(2)9-5-6-10-18)13-7-8-15-14(11-13)12-16(21)20(15)3/h7-8,11,17,19H,4-6,9-10,12H2,1-3H3. The zero-order chi connectivity index (χ0) is 15.0. The molecule has 114 valence electrons. The van der Waals surface area contributed by atoms with Crippen molar-refractivity contribution in [3.05, 3.63) is 29.3 Å². The van der Waals surface area contributed by atoms with Crippen LogP contribution in [0.25, 0.3) is 0 Å². The number of nitrogens with zero attached hydrogens (tertiary/aromatic N) is 1. The number of hydrogen-bond donors (Lipinski definition) is 1. The van der Waals surface area contributed by atoms with E-state index >= 15 is 0 Å². The Kier molecular flexibility index (Phi) is 3.78. The van der Waals surface area contributed by atoms with Crippen molar-refractivity contribution in [1.29, 1.82) is 0 Å². The molecule has 1 aromatic rings. The Morgan fingerprint density at radius 2 is 2.05 bits per heavy atom. The first-order valence-electron chi connectivity index (χ1n) is 8.18. The maximum Gasteiger partial charge on any atom is 0.231 e. The predicted molar refractivity (Wildman–Crippen MR) is 86.5 cm³/mol. The van der Waals surface area contributed by atoms with E-state index in [0.29, 0.717) is 17.9 Å². The Labute approximate surface area is 127 Å². The van der Waals surface area contributed by atoms with Crippen LogP contribution in [-0.4, -0.2) is 19.5 Å². The molecule has 1 amide bonds. The van der Waals surface area contributed by atoms with Gasteiger partial charge in [0, 0.05) is 18.8 Å². The number of benzene rings is 1. The van der Waals surface area contributed by atoms with E-state index in [-0.39, 0.29) is 5.91 Å². The smallest absolute Gasteiger partial charge is 0.231 e. The maximum atomic E-state index is 11.9. The zero-order valence-electron chi connectivity index (χ0n) is 13.4. The highest BCUT2D eigenvalue weighted by Crippen LogP contribution is 2.47. The molecule has 1 unspecified atom stereocenters. The number of likely N-dealkylation sites (N-methyl/N-ethyl adjacent to an activating group) is 1. The molecule has 2 aliphatic rings. The number of fused-ring (bicyclic) bond motifs is 1. The molecule has 1 heterocycles. The van der Waals surface area contributed by atoms with Gasteiger partial charge in [0.05, 0.1) is 6.42 Å². The van der Waals surface area contributed by atoms with Crippen LogP contribution in [0.4, 0.5) is 5.69 Å². The van der Waals surface area contributed by atoms with Gasteiger partial charge in [-0.3, -0.25) is 4.79 Å². The van der Waals surface area contributed by atoms with Gasteiger partial charge >= 0.3 is 0 Å². The zero-order valence-corrected chi connectivity index (χ0v) is 13.4. The molecule has 1 N–H and O–H groups in total. The van der Waals surface area contributed by atoms with Gasteiger partial charge in [0.2, 0.25) is 5.91 Å². The largest absolute Gasteiger partial charge is 0.315 e. The van der Waals surface area contributed by atoms with Crippen LogP contribution in [0.1, 0.15) is 56.7 Å². The van der Waals surface area contributed by atoms with E-state index in [1.807, 2.05) is 7.05 Å². The second-order valence-electron chi connectivity index (χ2n) is 6.87. The fourth-order valence-corrected chi connectivity index (χ4v) is 4.11. The molecule has 0 bridgehead atoms. The van der Waals surface area contributed by atoms with Crippen molar-refractivity contribution in [2.45, 2.75) is 52.0 Å². The van der Waals surface area contributed by atoms with E-state index in [9.17, 15) is 4.79 Å². The van der Waals surface area contributed by atoms with Crippen LogP contribution in [-0.2, 0) is 11.2 Å². The molecular formula is C18H26N2O. The number of carbonyl (C=O) groups is 1. The molecule has 1 aliphatic carbocycles. The van der Waals surface area contributed by atoms with E-state index in [2.05, 4.69) is 37.4 Å². The third-order valence-corrected chi connectivity index (χ3v) is 5.36. The van der Waals surface area contributed by atoms with Crippen LogP contribution < -0.4 is 10.2 Å². The van der Waals surface area contributed by atoms with Crippen molar-refractivity contribution in [2.24, 2.45) is 5.41 Å². The molecule has 3 nitrogen and oxygen atoms in total. The quantitative estimate of drug-likeness (QED) is 0.919. The Hall–Kier alpha value is -1.35. The van der Waals surface area contributed by atoms with Crippen LogP contribution in [0.2, 0.25) is 0 Å². The minimum absolute atomic E-state index is 0.203. The summed E-state index contributed by atoms with van der Waals surface area (Å²) in [6.07, 6.45) is 5.81. The average molecular weight is 286 g/mol. The van der Waals surface area contributed by atoms with Gasteiger partial charge in [0.1, 0.15) is 0 Å². The van der Waals surface area contributed by atoms with E-state index < -0.39 is 0 Å².